The summed E-state index contributed by atoms with van der Waals surface area (Å²) in [6, 6.07) is 2.90. The Labute approximate surface area is 123 Å². The average Bonchev–Trinajstić information content (AvgIpc) is 3.18. The van der Waals surface area contributed by atoms with Crippen LogP contribution >= 0.6 is 0 Å². The van der Waals surface area contributed by atoms with Crippen LogP contribution in [0.5, 0.6) is 0 Å². The van der Waals surface area contributed by atoms with Crippen LogP contribution in [-0.4, -0.2) is 25.1 Å². The Bertz CT molecular complexity index is 880. The van der Waals surface area contributed by atoms with Crippen LogP contribution in [0.1, 0.15) is 24.4 Å². The van der Waals surface area contributed by atoms with Crippen molar-refractivity contribution < 1.29 is 8.91 Å². The number of halogens is 1. The first-order valence-electron chi connectivity index (χ1n) is 6.69. The highest BCUT2D eigenvalue weighted by atomic mass is 19.1. The highest BCUT2D eigenvalue weighted by molar-refractivity contribution is 5.47. The number of nitrogens with one attached hydrogen (secondary N) is 1. The van der Waals surface area contributed by atoms with Gasteiger partial charge in [-0.1, -0.05) is 5.16 Å². The predicted octanol–water partition coefficient (Wildman–Crippen LogP) is 1.43. The number of hydrogen-bond acceptors (Lipinski definition) is 6. The summed E-state index contributed by atoms with van der Waals surface area (Å²) >= 11 is 0. The van der Waals surface area contributed by atoms with Crippen molar-refractivity contribution in [1.29, 1.82) is 0 Å². The summed E-state index contributed by atoms with van der Waals surface area (Å²) in [5.74, 6) is 0.170. The zero-order valence-corrected chi connectivity index (χ0v) is 11.3. The van der Waals surface area contributed by atoms with Crippen LogP contribution in [0.4, 0.5) is 4.39 Å². The second-order valence-electron chi connectivity index (χ2n) is 5.14. The van der Waals surface area contributed by atoms with Gasteiger partial charge in [-0.3, -0.25) is 9.78 Å². The first kappa shape index (κ1) is 12.8. The Morgan fingerprint density at radius 3 is 2.86 bits per heavy atom. The van der Waals surface area contributed by atoms with Crippen LogP contribution in [0.25, 0.3) is 11.5 Å². The number of pyridine rings is 1. The van der Waals surface area contributed by atoms with E-state index in [9.17, 15) is 9.18 Å². The molecule has 3 aromatic heterocycles. The molecular formula is C14H10FN5O2. The summed E-state index contributed by atoms with van der Waals surface area (Å²) in [5.41, 5.74) is -0.271. The van der Waals surface area contributed by atoms with E-state index in [4.69, 9.17) is 4.52 Å². The SMILES string of the molecule is O=c1cnc(-c2noc(C3(c4ncccc4F)CC3)n2)c[nH]1. The van der Waals surface area contributed by atoms with E-state index in [0.29, 0.717) is 30.1 Å². The molecule has 8 heteroatoms. The number of rotatable bonds is 3. The van der Waals surface area contributed by atoms with E-state index in [1.165, 1.54) is 12.3 Å². The van der Waals surface area contributed by atoms with Crippen molar-refractivity contribution in [2.24, 2.45) is 0 Å². The van der Waals surface area contributed by atoms with E-state index < -0.39 is 5.41 Å². The van der Waals surface area contributed by atoms with E-state index in [0.717, 1.165) is 6.20 Å². The lowest BCUT2D eigenvalue weighted by Crippen LogP contribution is -2.13. The van der Waals surface area contributed by atoms with Crippen LogP contribution in [0, 0.1) is 5.82 Å². The molecule has 0 bridgehead atoms. The summed E-state index contributed by atoms with van der Waals surface area (Å²) in [7, 11) is 0. The van der Waals surface area contributed by atoms with Gasteiger partial charge in [0.1, 0.15) is 11.5 Å². The Morgan fingerprint density at radius 2 is 2.18 bits per heavy atom. The lowest BCUT2D eigenvalue weighted by Gasteiger charge is -2.09. The molecule has 1 aliphatic rings. The second-order valence-corrected chi connectivity index (χ2v) is 5.14. The van der Waals surface area contributed by atoms with Crippen LogP contribution in [0.15, 0.2) is 40.0 Å². The molecule has 0 aliphatic heterocycles. The van der Waals surface area contributed by atoms with Crippen LogP contribution in [-0.2, 0) is 5.41 Å². The zero-order valence-electron chi connectivity index (χ0n) is 11.3. The number of nitrogens with zero attached hydrogens (tertiary/aromatic N) is 4. The number of aromatic amines is 1. The number of aromatic nitrogens is 5. The molecule has 1 saturated carbocycles. The third-order valence-electron chi connectivity index (χ3n) is 3.70. The van der Waals surface area contributed by atoms with Crippen molar-refractivity contribution in [3.8, 4) is 11.5 Å². The molecule has 1 N–H and O–H groups in total. The van der Waals surface area contributed by atoms with E-state index in [1.54, 1.807) is 12.3 Å². The predicted molar refractivity (Wildman–Crippen MR) is 72.4 cm³/mol. The van der Waals surface area contributed by atoms with E-state index in [1.807, 2.05) is 0 Å². The van der Waals surface area contributed by atoms with E-state index in [2.05, 4.69) is 25.1 Å². The average molecular weight is 299 g/mol. The number of hydrogen-bond donors (Lipinski definition) is 1. The highest BCUT2D eigenvalue weighted by Crippen LogP contribution is 2.52. The fourth-order valence-electron chi connectivity index (χ4n) is 2.40. The van der Waals surface area contributed by atoms with Crippen molar-refractivity contribution >= 4 is 0 Å². The van der Waals surface area contributed by atoms with Crippen LogP contribution in [0.2, 0.25) is 0 Å². The lowest BCUT2D eigenvalue weighted by atomic mass is 10.0. The Kier molecular flexibility index (Phi) is 2.65. The van der Waals surface area contributed by atoms with Gasteiger partial charge >= 0.3 is 0 Å². The van der Waals surface area contributed by atoms with Crippen molar-refractivity contribution in [3.05, 3.63) is 58.5 Å². The second kappa shape index (κ2) is 4.55. The maximum Gasteiger partial charge on any atom is 0.266 e. The molecule has 1 fully saturated rings. The first-order chi connectivity index (χ1) is 10.7. The van der Waals surface area contributed by atoms with Crippen molar-refractivity contribution in [1.82, 2.24) is 25.1 Å². The topological polar surface area (TPSA) is 97.6 Å². The summed E-state index contributed by atoms with van der Waals surface area (Å²) in [6.45, 7) is 0. The third-order valence-corrected chi connectivity index (χ3v) is 3.70. The van der Waals surface area contributed by atoms with E-state index >= 15 is 0 Å². The van der Waals surface area contributed by atoms with Gasteiger partial charge in [-0.2, -0.15) is 4.98 Å². The van der Waals surface area contributed by atoms with Crippen molar-refractivity contribution in [3.63, 3.8) is 0 Å². The standard InChI is InChI=1S/C14H10FN5O2/c15-8-2-1-5-16-11(8)14(3-4-14)13-19-12(20-22-13)9-6-18-10(21)7-17-9/h1-2,5-7H,3-4H2,(H,18,21). The van der Waals surface area contributed by atoms with Crippen LogP contribution in [0.3, 0.4) is 0 Å². The first-order valence-corrected chi connectivity index (χ1v) is 6.69. The fraction of sp³-hybridized carbons (Fsp3) is 0.214. The third kappa shape index (κ3) is 1.92. The van der Waals surface area contributed by atoms with Gasteiger partial charge in [0.15, 0.2) is 0 Å². The zero-order chi connectivity index (χ0) is 15.2. The van der Waals surface area contributed by atoms with Gasteiger partial charge in [-0.15, -0.1) is 0 Å². The molecule has 0 saturated heterocycles. The summed E-state index contributed by atoms with van der Waals surface area (Å²) < 4.78 is 19.3. The largest absolute Gasteiger partial charge is 0.338 e. The molecule has 22 heavy (non-hydrogen) atoms. The molecule has 0 aromatic carbocycles. The summed E-state index contributed by atoms with van der Waals surface area (Å²) in [5, 5.41) is 3.86. The van der Waals surface area contributed by atoms with Gasteiger partial charge in [0.2, 0.25) is 11.7 Å². The monoisotopic (exact) mass is 299 g/mol. The molecule has 0 unspecified atom stereocenters. The molecule has 3 heterocycles. The summed E-state index contributed by atoms with van der Waals surface area (Å²) in [6.07, 6.45) is 5.47. The fourth-order valence-corrected chi connectivity index (χ4v) is 2.40. The Balaban J connectivity index is 1.74. The molecule has 0 atom stereocenters. The van der Waals surface area contributed by atoms with Crippen LogP contribution < -0.4 is 5.56 Å². The van der Waals surface area contributed by atoms with Gasteiger partial charge in [0, 0.05) is 12.4 Å². The molecule has 110 valence electrons. The maximum atomic E-state index is 14.0. The lowest BCUT2D eigenvalue weighted by molar-refractivity contribution is 0.354. The van der Waals surface area contributed by atoms with Crippen molar-refractivity contribution in [2.75, 3.05) is 0 Å². The number of H-pyrrole nitrogens is 1. The Morgan fingerprint density at radius 1 is 1.32 bits per heavy atom. The summed E-state index contributed by atoms with van der Waals surface area (Å²) in [4.78, 5) is 25.9. The minimum Gasteiger partial charge on any atom is -0.338 e. The molecule has 0 amide bonds. The highest BCUT2D eigenvalue weighted by Gasteiger charge is 2.53. The molecule has 0 spiro atoms. The molecule has 0 radical (unpaired) electrons. The van der Waals surface area contributed by atoms with Gasteiger partial charge in [0.25, 0.3) is 5.56 Å². The van der Waals surface area contributed by atoms with E-state index in [-0.39, 0.29) is 17.2 Å². The van der Waals surface area contributed by atoms with Gasteiger partial charge in [0.05, 0.1) is 17.3 Å². The smallest absolute Gasteiger partial charge is 0.266 e. The minimum atomic E-state index is -0.654. The molecular weight excluding hydrogens is 289 g/mol. The molecule has 1 aliphatic carbocycles. The maximum absolute atomic E-state index is 14.0. The van der Waals surface area contributed by atoms with Gasteiger partial charge in [-0.25, -0.2) is 9.37 Å². The Hall–Kier alpha value is -2.90. The van der Waals surface area contributed by atoms with Crippen molar-refractivity contribution in [2.45, 2.75) is 18.3 Å². The molecule has 3 aromatic rings. The van der Waals surface area contributed by atoms with Gasteiger partial charge < -0.3 is 9.51 Å². The minimum absolute atomic E-state index is 0.244. The normalized spacial score (nSPS) is 15.7. The molecule has 7 nitrogen and oxygen atoms in total. The quantitative estimate of drug-likeness (QED) is 0.785. The van der Waals surface area contributed by atoms with Gasteiger partial charge in [-0.05, 0) is 25.0 Å². The molecule has 4 rings (SSSR count).